The summed E-state index contributed by atoms with van der Waals surface area (Å²) in [5, 5.41) is 14.2. The van der Waals surface area contributed by atoms with Gasteiger partial charge in [-0.15, -0.1) is 0 Å². The van der Waals surface area contributed by atoms with Crippen LogP contribution in [0.4, 0.5) is 0 Å². The van der Waals surface area contributed by atoms with Crippen molar-refractivity contribution < 1.29 is 10.0 Å². The zero-order chi connectivity index (χ0) is 12.3. The van der Waals surface area contributed by atoms with Gasteiger partial charge in [-0.1, -0.05) is 5.16 Å². The fraction of sp³-hybridized carbons (Fsp3) is 0.400. The second kappa shape index (κ2) is 4.36. The second-order valence-corrected chi connectivity index (χ2v) is 3.95. The molecule has 1 aromatic heterocycles. The molecule has 0 radical (unpaired) electrons. The van der Waals surface area contributed by atoms with Crippen LogP contribution in [0.15, 0.2) is 23.7 Å². The number of carbonyl (C=O) groups excluding carboxylic acids is 1. The third kappa shape index (κ3) is 2.17. The highest BCUT2D eigenvalue weighted by atomic mass is 16.4. The molecule has 1 heterocycles. The monoisotopic (exact) mass is 235 g/mol. The normalized spacial score (nSPS) is 17.5. The summed E-state index contributed by atoms with van der Waals surface area (Å²) in [6.45, 7) is 0.307. The van der Waals surface area contributed by atoms with Crippen molar-refractivity contribution in [2.75, 3.05) is 0 Å². The molecule has 7 nitrogen and oxygen atoms in total. The molecular formula is C10H13N5O2. The smallest absolute Gasteiger partial charge is 0.234 e. The second-order valence-electron chi connectivity index (χ2n) is 3.95. The summed E-state index contributed by atoms with van der Waals surface area (Å²) in [5.41, 5.74) is 5.39. The predicted molar refractivity (Wildman–Crippen MR) is 59.0 cm³/mol. The average Bonchev–Trinajstić information content (AvgIpc) is 3.17. The lowest BCUT2D eigenvalue weighted by atomic mass is 10.1. The molecule has 0 atom stereocenters. The van der Waals surface area contributed by atoms with E-state index >= 15 is 0 Å². The van der Waals surface area contributed by atoms with E-state index in [4.69, 9.17) is 10.9 Å². The number of hydrogen-bond donors (Lipinski definition) is 3. The predicted octanol–water partition coefficient (Wildman–Crippen LogP) is -0.381. The molecule has 1 saturated carbocycles. The maximum atomic E-state index is 11.9. The van der Waals surface area contributed by atoms with Crippen LogP contribution in [0.3, 0.4) is 0 Å². The highest BCUT2D eigenvalue weighted by Crippen LogP contribution is 2.46. The number of amidine groups is 1. The highest BCUT2D eigenvalue weighted by molar-refractivity contribution is 6.09. The molecule has 0 spiro atoms. The van der Waals surface area contributed by atoms with Crippen molar-refractivity contribution in [1.82, 2.24) is 15.3 Å². The quantitative estimate of drug-likeness (QED) is 0.285. The first kappa shape index (κ1) is 11.3. The molecular weight excluding hydrogens is 222 g/mol. The number of aromatic nitrogens is 2. The minimum absolute atomic E-state index is 0.0299. The van der Waals surface area contributed by atoms with Gasteiger partial charge in [0.05, 0.1) is 12.2 Å². The Morgan fingerprint density at radius 3 is 2.94 bits per heavy atom. The van der Waals surface area contributed by atoms with Gasteiger partial charge in [0.25, 0.3) is 0 Å². The summed E-state index contributed by atoms with van der Waals surface area (Å²) in [6, 6.07) is 1.71. The van der Waals surface area contributed by atoms with Crippen molar-refractivity contribution in [2.45, 2.75) is 19.4 Å². The molecule has 4 N–H and O–H groups in total. The van der Waals surface area contributed by atoms with Gasteiger partial charge in [0.1, 0.15) is 11.7 Å². The summed E-state index contributed by atoms with van der Waals surface area (Å²) >= 11 is 0. The van der Waals surface area contributed by atoms with E-state index in [-0.39, 0.29) is 11.7 Å². The van der Waals surface area contributed by atoms with Crippen LogP contribution in [0.25, 0.3) is 0 Å². The van der Waals surface area contributed by atoms with Gasteiger partial charge in [-0.3, -0.25) is 4.79 Å². The van der Waals surface area contributed by atoms with Gasteiger partial charge in [0.15, 0.2) is 5.84 Å². The van der Waals surface area contributed by atoms with Crippen molar-refractivity contribution in [3.05, 3.63) is 24.3 Å². The van der Waals surface area contributed by atoms with Gasteiger partial charge in [-0.05, 0) is 18.9 Å². The zero-order valence-corrected chi connectivity index (χ0v) is 9.13. The van der Waals surface area contributed by atoms with Crippen LogP contribution < -0.4 is 11.1 Å². The molecule has 0 bridgehead atoms. The van der Waals surface area contributed by atoms with Gasteiger partial charge < -0.3 is 16.3 Å². The Labute approximate surface area is 97.7 Å². The number of carbonyl (C=O) groups is 1. The summed E-state index contributed by atoms with van der Waals surface area (Å²) in [6.07, 6.45) is 4.24. The Morgan fingerprint density at radius 1 is 1.65 bits per heavy atom. The molecule has 0 saturated heterocycles. The zero-order valence-electron chi connectivity index (χ0n) is 9.13. The average molecular weight is 235 g/mol. The number of rotatable bonds is 4. The van der Waals surface area contributed by atoms with Crippen LogP contribution in [0.2, 0.25) is 0 Å². The number of nitrogens with one attached hydrogen (secondary N) is 1. The number of oxime groups is 1. The molecule has 1 fully saturated rings. The van der Waals surface area contributed by atoms with E-state index in [1.165, 1.54) is 6.33 Å². The Hall–Kier alpha value is -2.18. The van der Waals surface area contributed by atoms with Crippen molar-refractivity contribution in [3.63, 3.8) is 0 Å². The van der Waals surface area contributed by atoms with E-state index in [1.54, 1.807) is 12.3 Å². The fourth-order valence-corrected chi connectivity index (χ4v) is 1.58. The van der Waals surface area contributed by atoms with E-state index in [1.807, 2.05) is 0 Å². The Balaban J connectivity index is 1.95. The summed E-state index contributed by atoms with van der Waals surface area (Å²) in [5.74, 6) is -0.260. The van der Waals surface area contributed by atoms with Crippen molar-refractivity contribution in [2.24, 2.45) is 16.3 Å². The molecule has 0 aromatic carbocycles. The van der Waals surface area contributed by atoms with Crippen LogP contribution in [0.5, 0.6) is 0 Å². The van der Waals surface area contributed by atoms with E-state index < -0.39 is 5.41 Å². The summed E-state index contributed by atoms with van der Waals surface area (Å²) in [4.78, 5) is 19.6. The first-order chi connectivity index (χ1) is 8.19. The van der Waals surface area contributed by atoms with Crippen molar-refractivity contribution in [1.29, 1.82) is 0 Å². The first-order valence-corrected chi connectivity index (χ1v) is 5.20. The molecule has 2 rings (SSSR count). The maximum Gasteiger partial charge on any atom is 0.234 e. The Bertz CT molecular complexity index is 441. The van der Waals surface area contributed by atoms with Gasteiger partial charge in [-0.2, -0.15) is 0 Å². The molecule has 90 valence electrons. The number of hydrogen-bond acceptors (Lipinski definition) is 5. The highest BCUT2D eigenvalue weighted by Gasteiger charge is 2.54. The summed E-state index contributed by atoms with van der Waals surface area (Å²) < 4.78 is 0. The van der Waals surface area contributed by atoms with Gasteiger partial charge >= 0.3 is 0 Å². The third-order valence-electron chi connectivity index (χ3n) is 2.86. The standard InChI is InChI=1S/C10H13N5O2/c11-8(15-17)10(2-3-10)9(16)13-5-7-1-4-12-6-14-7/h1,4,6,17H,2-3,5H2,(H2,11,15)(H,13,16). The van der Waals surface area contributed by atoms with Crippen LogP contribution in [0.1, 0.15) is 18.5 Å². The molecule has 1 aromatic rings. The lowest BCUT2D eigenvalue weighted by molar-refractivity contribution is -0.124. The molecule has 0 unspecified atom stereocenters. The minimum Gasteiger partial charge on any atom is -0.409 e. The van der Waals surface area contributed by atoms with Crippen LogP contribution in [0, 0.1) is 5.41 Å². The van der Waals surface area contributed by atoms with E-state index in [0.717, 1.165) is 0 Å². The molecule has 1 aliphatic carbocycles. The first-order valence-electron chi connectivity index (χ1n) is 5.20. The Kier molecular flexibility index (Phi) is 2.90. The molecule has 1 aliphatic rings. The van der Waals surface area contributed by atoms with Crippen LogP contribution in [-0.2, 0) is 11.3 Å². The number of amides is 1. The van der Waals surface area contributed by atoms with Crippen LogP contribution in [-0.4, -0.2) is 26.9 Å². The van der Waals surface area contributed by atoms with Crippen LogP contribution >= 0.6 is 0 Å². The SMILES string of the molecule is N/C(=N/O)C1(C(=O)NCc2ccncn2)CC1. The number of nitrogens with zero attached hydrogens (tertiary/aromatic N) is 3. The van der Waals surface area contributed by atoms with E-state index in [2.05, 4.69) is 20.4 Å². The van der Waals surface area contributed by atoms with E-state index in [0.29, 0.717) is 25.1 Å². The van der Waals surface area contributed by atoms with Gasteiger partial charge in [0.2, 0.25) is 5.91 Å². The molecule has 1 amide bonds. The third-order valence-corrected chi connectivity index (χ3v) is 2.86. The fourth-order valence-electron chi connectivity index (χ4n) is 1.58. The molecule has 0 aliphatic heterocycles. The van der Waals surface area contributed by atoms with Gasteiger partial charge in [-0.25, -0.2) is 9.97 Å². The molecule has 7 heteroatoms. The maximum absolute atomic E-state index is 11.9. The van der Waals surface area contributed by atoms with Crippen molar-refractivity contribution in [3.8, 4) is 0 Å². The summed E-state index contributed by atoms with van der Waals surface area (Å²) in [7, 11) is 0. The van der Waals surface area contributed by atoms with E-state index in [9.17, 15) is 4.79 Å². The lowest BCUT2D eigenvalue weighted by Crippen LogP contribution is -2.40. The Morgan fingerprint density at radius 2 is 2.41 bits per heavy atom. The topological polar surface area (TPSA) is 113 Å². The largest absolute Gasteiger partial charge is 0.409 e. The van der Waals surface area contributed by atoms with Crippen molar-refractivity contribution >= 4 is 11.7 Å². The molecule has 17 heavy (non-hydrogen) atoms. The number of nitrogens with two attached hydrogens (primary N) is 1. The lowest BCUT2D eigenvalue weighted by Gasteiger charge is -2.13. The van der Waals surface area contributed by atoms with Gasteiger partial charge in [0, 0.05) is 6.20 Å². The minimum atomic E-state index is -0.818.